The number of aromatic nitrogens is 2. The molecule has 2 heterocycles. The van der Waals surface area contributed by atoms with Crippen LogP contribution in [0.15, 0.2) is 42.7 Å². The highest BCUT2D eigenvalue weighted by Crippen LogP contribution is 2.11. The van der Waals surface area contributed by atoms with Crippen LogP contribution in [0.5, 0.6) is 0 Å². The van der Waals surface area contributed by atoms with Crippen LogP contribution < -0.4 is 16.0 Å². The van der Waals surface area contributed by atoms with Crippen LogP contribution in [0.3, 0.4) is 0 Å². The monoisotopic (exact) mass is 357 g/mol. The Bertz CT molecular complexity index is 747. The molecule has 0 spiro atoms. The van der Waals surface area contributed by atoms with E-state index in [2.05, 4.69) is 21.0 Å². The molecule has 1 aliphatic rings. The highest BCUT2D eigenvalue weighted by molar-refractivity contribution is 5.90. The number of carbonyl (C=O) groups excluding carboxylic acids is 2. The fourth-order valence-electron chi connectivity index (χ4n) is 2.83. The van der Waals surface area contributed by atoms with Gasteiger partial charge in [-0.2, -0.15) is 5.10 Å². The number of carbonyl (C=O) groups is 2. The van der Waals surface area contributed by atoms with Crippen LogP contribution in [-0.4, -0.2) is 46.9 Å². The molecule has 3 N–H and O–H groups in total. The predicted octanol–water partition coefficient (Wildman–Crippen LogP) is 0.515. The minimum absolute atomic E-state index is 0.0923. The second kappa shape index (κ2) is 8.59. The van der Waals surface area contributed by atoms with Gasteiger partial charge in [0.2, 0.25) is 11.8 Å². The van der Waals surface area contributed by atoms with Crippen molar-refractivity contribution in [1.29, 1.82) is 0 Å². The number of hydrogen-bond donors (Lipinski definition) is 3. The molecule has 1 aromatic carbocycles. The molecule has 8 nitrogen and oxygen atoms in total. The zero-order valence-corrected chi connectivity index (χ0v) is 14.6. The van der Waals surface area contributed by atoms with Gasteiger partial charge in [-0.25, -0.2) is 0 Å². The molecule has 1 saturated heterocycles. The summed E-state index contributed by atoms with van der Waals surface area (Å²) in [6.45, 7) is 3.70. The van der Waals surface area contributed by atoms with Crippen molar-refractivity contribution in [2.75, 3.05) is 18.5 Å². The lowest BCUT2D eigenvalue weighted by molar-refractivity contribution is -0.129. The number of morpholine rings is 1. The lowest BCUT2D eigenvalue weighted by Crippen LogP contribution is -2.55. The molecule has 1 aliphatic heterocycles. The van der Waals surface area contributed by atoms with Crippen molar-refractivity contribution in [2.45, 2.75) is 32.2 Å². The van der Waals surface area contributed by atoms with Crippen LogP contribution in [0, 0.1) is 0 Å². The van der Waals surface area contributed by atoms with Crippen LogP contribution in [0.4, 0.5) is 5.69 Å². The maximum absolute atomic E-state index is 12.3. The van der Waals surface area contributed by atoms with E-state index < -0.39 is 0 Å². The molecule has 3 rings (SSSR count). The predicted molar refractivity (Wildman–Crippen MR) is 96.4 cm³/mol. The molecule has 0 radical (unpaired) electrons. The van der Waals surface area contributed by atoms with E-state index in [0.29, 0.717) is 25.4 Å². The largest absolute Gasteiger partial charge is 0.375 e. The third kappa shape index (κ3) is 4.90. The van der Waals surface area contributed by atoms with Crippen molar-refractivity contribution < 1.29 is 14.3 Å². The second-order valence-corrected chi connectivity index (χ2v) is 6.18. The Morgan fingerprint density at radius 3 is 3.04 bits per heavy atom. The van der Waals surface area contributed by atoms with E-state index in [0.717, 1.165) is 5.56 Å². The van der Waals surface area contributed by atoms with Crippen LogP contribution in [0.25, 0.3) is 0 Å². The number of nitrogens with one attached hydrogen (secondary N) is 3. The Hall–Kier alpha value is -2.71. The van der Waals surface area contributed by atoms with Crippen LogP contribution in [-0.2, 0) is 27.4 Å². The molecule has 8 heteroatoms. The normalized spacial score (nSPS) is 19.7. The number of ether oxygens (including phenoxy) is 1. The molecular weight excluding hydrogens is 334 g/mol. The van der Waals surface area contributed by atoms with Gasteiger partial charge >= 0.3 is 0 Å². The third-order valence-electron chi connectivity index (χ3n) is 4.14. The van der Waals surface area contributed by atoms with E-state index >= 15 is 0 Å². The minimum Gasteiger partial charge on any atom is -0.375 e. The molecule has 138 valence electrons. The molecule has 0 bridgehead atoms. The van der Waals surface area contributed by atoms with Crippen molar-refractivity contribution in [2.24, 2.45) is 0 Å². The molecule has 26 heavy (non-hydrogen) atoms. The summed E-state index contributed by atoms with van der Waals surface area (Å²) in [6, 6.07) is 8.82. The van der Waals surface area contributed by atoms with Crippen molar-refractivity contribution in [3.8, 4) is 0 Å². The van der Waals surface area contributed by atoms with Crippen molar-refractivity contribution >= 4 is 17.5 Å². The first-order valence-electron chi connectivity index (χ1n) is 8.61. The van der Waals surface area contributed by atoms with Gasteiger partial charge < -0.3 is 20.7 Å². The summed E-state index contributed by atoms with van der Waals surface area (Å²) in [7, 11) is 0. The summed E-state index contributed by atoms with van der Waals surface area (Å²) >= 11 is 0. The van der Waals surface area contributed by atoms with E-state index in [1.165, 1.54) is 0 Å². The highest BCUT2D eigenvalue weighted by atomic mass is 16.5. The van der Waals surface area contributed by atoms with Crippen LogP contribution in [0.1, 0.15) is 12.5 Å². The number of rotatable bonds is 6. The van der Waals surface area contributed by atoms with Crippen molar-refractivity contribution in [3.63, 3.8) is 0 Å². The van der Waals surface area contributed by atoms with Gasteiger partial charge in [-0.3, -0.25) is 14.3 Å². The van der Waals surface area contributed by atoms with Gasteiger partial charge in [0, 0.05) is 31.2 Å². The average molecular weight is 357 g/mol. The van der Waals surface area contributed by atoms with Gasteiger partial charge in [0.25, 0.3) is 0 Å². The molecule has 2 aromatic rings. The smallest absolute Gasteiger partial charge is 0.246 e. The number of anilines is 1. The van der Waals surface area contributed by atoms with Crippen molar-refractivity contribution in [3.05, 3.63) is 48.3 Å². The maximum Gasteiger partial charge on any atom is 0.246 e. The zero-order chi connectivity index (χ0) is 18.4. The van der Waals surface area contributed by atoms with Gasteiger partial charge in [-0.05, 0) is 30.7 Å². The summed E-state index contributed by atoms with van der Waals surface area (Å²) in [5.41, 5.74) is 1.58. The Balaban J connectivity index is 1.52. The van der Waals surface area contributed by atoms with Gasteiger partial charge in [0.15, 0.2) is 0 Å². The summed E-state index contributed by atoms with van der Waals surface area (Å²) in [5.74, 6) is -0.252. The fourth-order valence-corrected chi connectivity index (χ4v) is 2.83. The van der Waals surface area contributed by atoms with E-state index in [1.54, 1.807) is 23.1 Å². The molecule has 1 aromatic heterocycles. The van der Waals surface area contributed by atoms with Crippen LogP contribution >= 0.6 is 0 Å². The number of nitrogens with zero attached hydrogens (tertiary/aromatic N) is 2. The molecule has 2 amide bonds. The number of amides is 2. The van der Waals surface area contributed by atoms with E-state index in [-0.39, 0.29) is 30.5 Å². The van der Waals surface area contributed by atoms with Gasteiger partial charge in [0.05, 0.1) is 12.7 Å². The first kappa shape index (κ1) is 18.1. The fraction of sp³-hybridized carbons (Fsp3) is 0.389. The standard InChI is InChI=1S/C18H23N5O3/c1-13-17(19-7-9-26-13)18(25)20-11-14-4-2-5-15(10-14)22-16(24)12-23-8-3-6-21-23/h2-6,8,10,13,17,19H,7,9,11-12H2,1H3,(H,20,25)(H,22,24)/t13-,17+/m1/s1. The molecule has 1 fully saturated rings. The molecule has 0 aliphatic carbocycles. The third-order valence-corrected chi connectivity index (χ3v) is 4.14. The Morgan fingerprint density at radius 2 is 2.27 bits per heavy atom. The summed E-state index contributed by atoms with van der Waals surface area (Å²) in [5, 5.41) is 12.9. The quantitative estimate of drug-likeness (QED) is 0.700. The first-order chi connectivity index (χ1) is 12.6. The Morgan fingerprint density at radius 1 is 1.38 bits per heavy atom. The van der Waals surface area contributed by atoms with Crippen molar-refractivity contribution in [1.82, 2.24) is 20.4 Å². The van der Waals surface area contributed by atoms with Gasteiger partial charge in [0.1, 0.15) is 12.6 Å². The van der Waals surface area contributed by atoms with Gasteiger partial charge in [-0.1, -0.05) is 12.1 Å². The molecule has 2 atom stereocenters. The minimum atomic E-state index is -0.347. The topological polar surface area (TPSA) is 97.3 Å². The highest BCUT2D eigenvalue weighted by Gasteiger charge is 2.27. The molecular formula is C18H23N5O3. The van der Waals surface area contributed by atoms with E-state index in [4.69, 9.17) is 4.74 Å². The lowest BCUT2D eigenvalue weighted by Gasteiger charge is -2.29. The molecule has 0 saturated carbocycles. The Labute approximate surface area is 151 Å². The maximum atomic E-state index is 12.3. The summed E-state index contributed by atoms with van der Waals surface area (Å²) < 4.78 is 7.05. The summed E-state index contributed by atoms with van der Waals surface area (Å²) in [6.07, 6.45) is 3.20. The van der Waals surface area contributed by atoms with E-state index in [9.17, 15) is 9.59 Å². The van der Waals surface area contributed by atoms with E-state index in [1.807, 2.05) is 31.2 Å². The molecule has 0 unspecified atom stereocenters. The summed E-state index contributed by atoms with van der Waals surface area (Å²) in [4.78, 5) is 24.3. The SMILES string of the molecule is C[C@H]1OCCN[C@@H]1C(=O)NCc1cccc(NC(=O)Cn2cccn2)c1. The lowest BCUT2D eigenvalue weighted by atomic mass is 10.1. The van der Waals surface area contributed by atoms with Gasteiger partial charge in [-0.15, -0.1) is 0 Å². The second-order valence-electron chi connectivity index (χ2n) is 6.18. The Kier molecular flexibility index (Phi) is 5.98. The first-order valence-corrected chi connectivity index (χ1v) is 8.61. The average Bonchev–Trinajstić information content (AvgIpc) is 3.13. The zero-order valence-electron chi connectivity index (χ0n) is 14.6. The van der Waals surface area contributed by atoms with Crippen LogP contribution in [0.2, 0.25) is 0 Å². The number of benzene rings is 1. The number of hydrogen-bond acceptors (Lipinski definition) is 5.